The van der Waals surface area contributed by atoms with E-state index in [0.717, 1.165) is 24.3 Å². The summed E-state index contributed by atoms with van der Waals surface area (Å²) in [4.78, 5) is 23.6. The average molecular weight is 426 g/mol. The largest absolute Gasteiger partial charge is 0.501 e. The quantitative estimate of drug-likeness (QED) is 0.661. The molecule has 152 valence electrons. The van der Waals surface area contributed by atoms with E-state index < -0.39 is 32.2 Å². The molecular formula is C16H13F3N6O3S. The first-order chi connectivity index (χ1) is 13.6. The van der Waals surface area contributed by atoms with Crippen LogP contribution >= 0.6 is 0 Å². The maximum Gasteiger partial charge on any atom is 0.501 e. The van der Waals surface area contributed by atoms with E-state index in [2.05, 4.69) is 25.4 Å². The van der Waals surface area contributed by atoms with Crippen LogP contribution in [0, 0.1) is 0 Å². The van der Waals surface area contributed by atoms with Crippen LogP contribution in [0.2, 0.25) is 0 Å². The second-order valence-corrected chi connectivity index (χ2v) is 7.69. The lowest BCUT2D eigenvalue weighted by Gasteiger charge is -2.14. The van der Waals surface area contributed by atoms with E-state index in [1.807, 2.05) is 0 Å². The van der Waals surface area contributed by atoms with Crippen molar-refractivity contribution in [1.82, 2.24) is 30.0 Å². The van der Waals surface area contributed by atoms with Crippen molar-refractivity contribution < 1.29 is 26.4 Å². The molecule has 0 unspecified atom stereocenters. The number of benzene rings is 1. The highest BCUT2D eigenvalue weighted by molar-refractivity contribution is 7.92. The lowest BCUT2D eigenvalue weighted by Crippen LogP contribution is -2.29. The van der Waals surface area contributed by atoms with Crippen LogP contribution in [0.1, 0.15) is 29.1 Å². The number of alkyl halides is 3. The maximum atomic E-state index is 12.6. The summed E-state index contributed by atoms with van der Waals surface area (Å²) >= 11 is 0. The number of amides is 1. The monoisotopic (exact) mass is 426 g/mol. The SMILES string of the molecule is C[C@@H](NC(=O)c1ccc(S(=O)(=O)C(F)(F)F)cc1)c1ncnn1-c1ncccn1. The third-order valence-electron chi connectivity index (χ3n) is 3.78. The third-order valence-corrected chi connectivity index (χ3v) is 5.28. The normalized spacial score (nSPS) is 13.1. The molecule has 9 nitrogen and oxygen atoms in total. The summed E-state index contributed by atoms with van der Waals surface area (Å²) in [5.74, 6) is -0.0828. The number of rotatable bonds is 5. The van der Waals surface area contributed by atoms with Gasteiger partial charge in [0, 0.05) is 18.0 Å². The zero-order valence-corrected chi connectivity index (χ0v) is 15.5. The van der Waals surface area contributed by atoms with Gasteiger partial charge in [0.05, 0.1) is 10.9 Å². The van der Waals surface area contributed by atoms with Crippen molar-refractivity contribution in [2.45, 2.75) is 23.4 Å². The minimum Gasteiger partial charge on any atom is -0.342 e. The van der Waals surface area contributed by atoms with Gasteiger partial charge in [-0.25, -0.2) is 23.4 Å². The van der Waals surface area contributed by atoms with Crippen molar-refractivity contribution in [3.63, 3.8) is 0 Å². The van der Waals surface area contributed by atoms with Gasteiger partial charge in [-0.15, -0.1) is 0 Å². The van der Waals surface area contributed by atoms with Gasteiger partial charge in [0.25, 0.3) is 21.7 Å². The molecule has 2 heterocycles. The van der Waals surface area contributed by atoms with Crippen LogP contribution in [0.15, 0.2) is 53.9 Å². The molecule has 3 rings (SSSR count). The number of nitrogens with zero attached hydrogens (tertiary/aromatic N) is 5. The number of halogens is 3. The molecule has 0 aliphatic rings. The molecular weight excluding hydrogens is 413 g/mol. The maximum absolute atomic E-state index is 12.6. The predicted molar refractivity (Wildman–Crippen MR) is 92.5 cm³/mol. The van der Waals surface area contributed by atoms with Crippen LogP contribution in [0.3, 0.4) is 0 Å². The Balaban J connectivity index is 1.77. The van der Waals surface area contributed by atoms with Crippen molar-refractivity contribution in [3.05, 3.63) is 60.4 Å². The molecule has 1 N–H and O–H groups in total. The van der Waals surface area contributed by atoms with Gasteiger partial charge in [0.2, 0.25) is 0 Å². The Labute approximate surface area is 162 Å². The molecule has 0 fully saturated rings. The Morgan fingerprint density at radius 2 is 1.72 bits per heavy atom. The van der Waals surface area contributed by atoms with Crippen molar-refractivity contribution in [2.24, 2.45) is 0 Å². The average Bonchev–Trinajstić information content (AvgIpc) is 3.18. The number of carbonyl (C=O) groups is 1. The van der Waals surface area contributed by atoms with E-state index in [4.69, 9.17) is 0 Å². The van der Waals surface area contributed by atoms with Crippen LogP contribution < -0.4 is 5.32 Å². The smallest absolute Gasteiger partial charge is 0.342 e. The minimum atomic E-state index is -5.48. The number of aromatic nitrogens is 5. The van der Waals surface area contributed by atoms with Gasteiger partial charge in [-0.2, -0.15) is 23.0 Å². The highest BCUT2D eigenvalue weighted by atomic mass is 32.2. The summed E-state index contributed by atoms with van der Waals surface area (Å²) in [6.45, 7) is 1.61. The zero-order chi connectivity index (χ0) is 21.2. The fraction of sp³-hybridized carbons (Fsp3) is 0.188. The van der Waals surface area contributed by atoms with Crippen molar-refractivity contribution in [3.8, 4) is 5.95 Å². The summed E-state index contributed by atoms with van der Waals surface area (Å²) in [5.41, 5.74) is -5.45. The Bertz CT molecular complexity index is 1110. The topological polar surface area (TPSA) is 120 Å². The van der Waals surface area contributed by atoms with Crippen molar-refractivity contribution >= 4 is 15.7 Å². The molecule has 0 saturated heterocycles. The molecule has 0 saturated carbocycles. The van der Waals surface area contributed by atoms with Crippen molar-refractivity contribution in [1.29, 1.82) is 0 Å². The lowest BCUT2D eigenvalue weighted by molar-refractivity contribution is -0.0436. The number of nitrogens with one attached hydrogen (secondary N) is 1. The van der Waals surface area contributed by atoms with Crippen LogP contribution in [-0.4, -0.2) is 44.6 Å². The fourth-order valence-electron chi connectivity index (χ4n) is 2.36. The van der Waals surface area contributed by atoms with Gasteiger partial charge >= 0.3 is 5.51 Å². The minimum absolute atomic E-state index is 0.0278. The van der Waals surface area contributed by atoms with Crippen LogP contribution in [-0.2, 0) is 9.84 Å². The first-order valence-electron chi connectivity index (χ1n) is 8.01. The van der Waals surface area contributed by atoms with E-state index >= 15 is 0 Å². The summed E-state index contributed by atoms with van der Waals surface area (Å²) in [6.07, 6.45) is 4.27. The molecule has 3 aromatic rings. The summed E-state index contributed by atoms with van der Waals surface area (Å²) in [5, 5.41) is 6.61. The van der Waals surface area contributed by atoms with Crippen LogP contribution in [0.25, 0.3) is 5.95 Å². The Morgan fingerprint density at radius 1 is 1.10 bits per heavy atom. The molecule has 1 atom stereocenters. The van der Waals surface area contributed by atoms with Gasteiger partial charge in [0.15, 0.2) is 5.82 Å². The first-order valence-corrected chi connectivity index (χ1v) is 9.49. The molecule has 1 aromatic carbocycles. The van der Waals surface area contributed by atoms with E-state index in [1.54, 1.807) is 13.0 Å². The first kappa shape index (κ1) is 20.4. The standard InChI is InChI=1S/C16H13F3N6O3S/c1-10(13-22-9-23-25(13)15-20-7-2-8-21-15)24-14(26)11-3-5-12(6-4-11)29(27,28)16(17,18)19/h2-10H,1H3,(H,24,26)/t10-/m1/s1. The van der Waals surface area contributed by atoms with Gasteiger partial charge in [-0.05, 0) is 37.3 Å². The van der Waals surface area contributed by atoms with E-state index in [1.165, 1.54) is 23.4 Å². The highest BCUT2D eigenvalue weighted by Gasteiger charge is 2.46. The number of sulfone groups is 1. The molecule has 1 amide bonds. The lowest BCUT2D eigenvalue weighted by atomic mass is 10.2. The van der Waals surface area contributed by atoms with Crippen LogP contribution in [0.5, 0.6) is 0 Å². The fourth-order valence-corrected chi connectivity index (χ4v) is 3.13. The zero-order valence-electron chi connectivity index (χ0n) is 14.7. The molecule has 0 aliphatic heterocycles. The molecule has 0 bridgehead atoms. The Kier molecular flexibility index (Phi) is 5.33. The Hall–Kier alpha value is -3.35. The molecule has 0 radical (unpaired) electrons. The number of carbonyl (C=O) groups excluding carboxylic acids is 1. The summed E-state index contributed by atoms with van der Waals surface area (Å²) in [6, 6.07) is 4.39. The van der Waals surface area contributed by atoms with Crippen molar-refractivity contribution in [2.75, 3.05) is 0 Å². The third kappa shape index (κ3) is 4.08. The number of hydrogen-bond acceptors (Lipinski definition) is 7. The van der Waals surface area contributed by atoms with Gasteiger partial charge in [-0.3, -0.25) is 4.79 Å². The molecule has 2 aromatic heterocycles. The molecule has 13 heteroatoms. The predicted octanol–water partition coefficient (Wildman–Crippen LogP) is 1.84. The second-order valence-electron chi connectivity index (χ2n) is 5.75. The summed E-state index contributed by atoms with van der Waals surface area (Å²) < 4.78 is 61.9. The number of hydrogen-bond donors (Lipinski definition) is 1. The van der Waals surface area contributed by atoms with Gasteiger partial charge < -0.3 is 5.32 Å². The summed E-state index contributed by atoms with van der Waals surface area (Å²) in [7, 11) is -5.48. The molecule has 29 heavy (non-hydrogen) atoms. The molecule has 0 aliphatic carbocycles. The van der Waals surface area contributed by atoms with E-state index in [-0.39, 0.29) is 11.5 Å². The molecule has 0 spiro atoms. The van der Waals surface area contributed by atoms with Gasteiger partial charge in [-0.1, -0.05) is 0 Å². The second kappa shape index (κ2) is 7.58. The van der Waals surface area contributed by atoms with E-state index in [0.29, 0.717) is 5.82 Å². The Morgan fingerprint density at radius 3 is 2.31 bits per heavy atom. The van der Waals surface area contributed by atoms with E-state index in [9.17, 15) is 26.4 Å². The van der Waals surface area contributed by atoms with Gasteiger partial charge in [0.1, 0.15) is 6.33 Å². The van der Waals surface area contributed by atoms with Crippen LogP contribution in [0.4, 0.5) is 13.2 Å². The highest BCUT2D eigenvalue weighted by Crippen LogP contribution is 2.30.